The summed E-state index contributed by atoms with van der Waals surface area (Å²) < 4.78 is 5.14. The van der Waals surface area contributed by atoms with Gasteiger partial charge in [0.05, 0.1) is 7.11 Å². The summed E-state index contributed by atoms with van der Waals surface area (Å²) in [4.78, 5) is 27.3. The van der Waals surface area contributed by atoms with Crippen LogP contribution in [0.2, 0.25) is 0 Å². The lowest BCUT2D eigenvalue weighted by atomic mass is 10.1. The predicted octanol–water partition coefficient (Wildman–Crippen LogP) is 1.07. The van der Waals surface area contributed by atoms with Crippen molar-refractivity contribution in [3.05, 3.63) is 59.9 Å². The molecule has 0 fully saturated rings. The van der Waals surface area contributed by atoms with Gasteiger partial charge >= 0.3 is 11.8 Å². The van der Waals surface area contributed by atoms with Crippen LogP contribution >= 0.6 is 0 Å². The van der Waals surface area contributed by atoms with Crippen molar-refractivity contribution >= 4 is 11.8 Å². The highest BCUT2D eigenvalue weighted by molar-refractivity contribution is 6.35. The summed E-state index contributed by atoms with van der Waals surface area (Å²) in [5.74, 6) is -0.515. The molecule has 0 aliphatic rings. The zero-order valence-corrected chi connectivity index (χ0v) is 12.9. The number of nitrogens with zero attached hydrogens (tertiary/aromatic N) is 1. The molecule has 1 aromatic carbocycles. The molecule has 6 heteroatoms. The van der Waals surface area contributed by atoms with E-state index in [2.05, 4.69) is 15.6 Å². The second kappa shape index (κ2) is 8.53. The number of benzene rings is 1. The molecule has 0 aliphatic carbocycles. The molecule has 2 amide bonds. The molecular weight excluding hydrogens is 294 g/mol. The maximum absolute atomic E-state index is 11.7. The van der Waals surface area contributed by atoms with Gasteiger partial charge in [0, 0.05) is 25.5 Å². The van der Waals surface area contributed by atoms with Gasteiger partial charge in [0.25, 0.3) is 0 Å². The number of carbonyl (C=O) groups is 2. The fourth-order valence-electron chi connectivity index (χ4n) is 1.99. The minimum Gasteiger partial charge on any atom is -0.497 e. The number of hydrogen-bond donors (Lipinski definition) is 2. The van der Waals surface area contributed by atoms with Crippen LogP contribution in [0.15, 0.2) is 48.8 Å². The minimum atomic E-state index is -0.646. The van der Waals surface area contributed by atoms with E-state index < -0.39 is 11.8 Å². The summed E-state index contributed by atoms with van der Waals surface area (Å²) in [6, 6.07) is 11.1. The van der Waals surface area contributed by atoms with Gasteiger partial charge in [-0.1, -0.05) is 12.1 Å². The van der Waals surface area contributed by atoms with E-state index in [9.17, 15) is 9.59 Å². The Kier molecular flexibility index (Phi) is 6.11. The molecule has 6 nitrogen and oxygen atoms in total. The number of nitrogens with one attached hydrogen (secondary N) is 2. The maximum Gasteiger partial charge on any atom is 0.309 e. The molecule has 0 bridgehead atoms. The van der Waals surface area contributed by atoms with E-state index in [4.69, 9.17) is 4.74 Å². The Morgan fingerprint density at radius 3 is 2.52 bits per heavy atom. The number of carbonyl (C=O) groups excluding carboxylic acids is 2. The van der Waals surface area contributed by atoms with Crippen molar-refractivity contribution in [1.29, 1.82) is 0 Å². The number of ether oxygens (including phenoxy) is 1. The first-order valence-corrected chi connectivity index (χ1v) is 7.27. The highest BCUT2D eigenvalue weighted by Gasteiger charge is 2.12. The third-order valence-electron chi connectivity index (χ3n) is 3.24. The monoisotopic (exact) mass is 313 g/mol. The fourth-order valence-corrected chi connectivity index (χ4v) is 1.99. The van der Waals surface area contributed by atoms with Crippen LogP contribution in [0, 0.1) is 0 Å². The first-order chi connectivity index (χ1) is 11.2. The van der Waals surface area contributed by atoms with Gasteiger partial charge in [-0.05, 0) is 41.8 Å². The Morgan fingerprint density at radius 2 is 1.78 bits per heavy atom. The third kappa shape index (κ3) is 5.43. The smallest absolute Gasteiger partial charge is 0.309 e. The molecule has 2 rings (SSSR count). The molecular formula is C17H19N3O3. The van der Waals surface area contributed by atoms with Crippen LogP contribution in [0.3, 0.4) is 0 Å². The van der Waals surface area contributed by atoms with E-state index >= 15 is 0 Å². The molecule has 0 saturated carbocycles. The Hall–Kier alpha value is -2.89. The zero-order valence-electron chi connectivity index (χ0n) is 12.9. The van der Waals surface area contributed by atoms with Crippen molar-refractivity contribution in [3.8, 4) is 5.75 Å². The Labute approximate surface area is 134 Å². The highest BCUT2D eigenvalue weighted by atomic mass is 16.5. The molecule has 120 valence electrons. The number of amides is 2. The predicted molar refractivity (Wildman–Crippen MR) is 85.8 cm³/mol. The lowest BCUT2D eigenvalue weighted by molar-refractivity contribution is -0.139. The fraction of sp³-hybridized carbons (Fsp3) is 0.235. The Morgan fingerprint density at radius 1 is 1.04 bits per heavy atom. The number of hydrogen-bond acceptors (Lipinski definition) is 4. The summed E-state index contributed by atoms with van der Waals surface area (Å²) in [6.45, 7) is 0.680. The number of pyridine rings is 1. The van der Waals surface area contributed by atoms with E-state index in [1.165, 1.54) is 0 Å². The first kappa shape index (κ1) is 16.5. The summed E-state index contributed by atoms with van der Waals surface area (Å²) in [5, 5.41) is 5.17. The Bertz CT molecular complexity index is 659. The van der Waals surface area contributed by atoms with Crippen molar-refractivity contribution < 1.29 is 14.3 Å². The molecule has 0 saturated heterocycles. The van der Waals surface area contributed by atoms with Gasteiger partial charge in [-0.15, -0.1) is 0 Å². The highest BCUT2D eigenvalue weighted by Crippen LogP contribution is 2.12. The SMILES string of the molecule is COc1cccc(CCNC(=O)C(=O)NCc2ccncc2)c1. The molecule has 1 aromatic heterocycles. The summed E-state index contributed by atoms with van der Waals surface area (Å²) >= 11 is 0. The van der Waals surface area contributed by atoms with Crippen LogP contribution in [0.1, 0.15) is 11.1 Å². The summed E-state index contributed by atoms with van der Waals surface area (Å²) in [7, 11) is 1.61. The van der Waals surface area contributed by atoms with E-state index in [0.29, 0.717) is 19.5 Å². The van der Waals surface area contributed by atoms with E-state index in [-0.39, 0.29) is 0 Å². The molecule has 0 radical (unpaired) electrons. The van der Waals surface area contributed by atoms with Crippen molar-refractivity contribution in [2.45, 2.75) is 13.0 Å². The van der Waals surface area contributed by atoms with Crippen LogP contribution in [-0.2, 0) is 22.6 Å². The number of methoxy groups -OCH3 is 1. The zero-order chi connectivity index (χ0) is 16.5. The van der Waals surface area contributed by atoms with Crippen LogP contribution in [0.25, 0.3) is 0 Å². The normalized spacial score (nSPS) is 9.96. The van der Waals surface area contributed by atoms with Gasteiger partial charge in [0.15, 0.2) is 0 Å². The van der Waals surface area contributed by atoms with Gasteiger partial charge < -0.3 is 15.4 Å². The average molecular weight is 313 g/mol. The van der Waals surface area contributed by atoms with Gasteiger partial charge in [0.2, 0.25) is 0 Å². The number of rotatable bonds is 6. The van der Waals surface area contributed by atoms with Crippen molar-refractivity contribution in [3.63, 3.8) is 0 Å². The molecule has 0 aliphatic heterocycles. The summed E-state index contributed by atoms with van der Waals surface area (Å²) in [6.07, 6.45) is 3.89. The van der Waals surface area contributed by atoms with Gasteiger partial charge in [-0.3, -0.25) is 14.6 Å². The number of aromatic nitrogens is 1. The third-order valence-corrected chi connectivity index (χ3v) is 3.24. The molecule has 0 atom stereocenters. The van der Waals surface area contributed by atoms with Crippen molar-refractivity contribution in [1.82, 2.24) is 15.6 Å². The van der Waals surface area contributed by atoms with Crippen LogP contribution in [0.4, 0.5) is 0 Å². The van der Waals surface area contributed by atoms with Crippen LogP contribution in [-0.4, -0.2) is 30.5 Å². The Balaban J connectivity index is 1.72. The second-order valence-corrected chi connectivity index (χ2v) is 4.90. The molecule has 2 N–H and O–H groups in total. The van der Waals surface area contributed by atoms with E-state index in [0.717, 1.165) is 16.9 Å². The average Bonchev–Trinajstić information content (AvgIpc) is 2.60. The molecule has 2 aromatic rings. The van der Waals surface area contributed by atoms with E-state index in [1.807, 2.05) is 24.3 Å². The summed E-state index contributed by atoms with van der Waals surface area (Å²) in [5.41, 5.74) is 1.92. The minimum absolute atomic E-state index is 0.296. The second-order valence-electron chi connectivity index (χ2n) is 4.90. The lowest BCUT2D eigenvalue weighted by Crippen LogP contribution is -2.40. The van der Waals surface area contributed by atoms with Gasteiger partial charge in [-0.2, -0.15) is 0 Å². The van der Waals surface area contributed by atoms with Crippen LogP contribution in [0.5, 0.6) is 5.75 Å². The largest absolute Gasteiger partial charge is 0.497 e. The van der Waals surface area contributed by atoms with Crippen LogP contribution < -0.4 is 15.4 Å². The molecule has 0 unspecified atom stereocenters. The van der Waals surface area contributed by atoms with Crippen molar-refractivity contribution in [2.75, 3.05) is 13.7 Å². The first-order valence-electron chi connectivity index (χ1n) is 7.27. The van der Waals surface area contributed by atoms with Gasteiger partial charge in [-0.25, -0.2) is 0 Å². The molecule has 1 heterocycles. The van der Waals surface area contributed by atoms with E-state index in [1.54, 1.807) is 31.6 Å². The maximum atomic E-state index is 11.7. The molecule has 0 spiro atoms. The standard InChI is InChI=1S/C17H19N3O3/c1-23-15-4-2-3-13(11-15)7-10-19-16(21)17(22)20-12-14-5-8-18-9-6-14/h2-6,8-9,11H,7,10,12H2,1H3,(H,19,21)(H,20,22). The van der Waals surface area contributed by atoms with Gasteiger partial charge in [0.1, 0.15) is 5.75 Å². The molecule has 23 heavy (non-hydrogen) atoms. The van der Waals surface area contributed by atoms with Crippen molar-refractivity contribution in [2.24, 2.45) is 0 Å². The topological polar surface area (TPSA) is 80.3 Å². The quantitative estimate of drug-likeness (QED) is 0.782. The lowest BCUT2D eigenvalue weighted by Gasteiger charge is -2.07.